The summed E-state index contributed by atoms with van der Waals surface area (Å²) in [5.74, 6) is -0.172. The topological polar surface area (TPSA) is 40.9 Å². The fraction of sp³-hybridized carbons (Fsp3) is 0.273. The van der Waals surface area contributed by atoms with Gasteiger partial charge in [-0.15, -0.1) is 0 Å². The summed E-state index contributed by atoms with van der Waals surface area (Å²) in [6.45, 7) is 4.00. The molecule has 74 valence electrons. The van der Waals surface area contributed by atoms with E-state index in [4.69, 9.17) is 16.9 Å². The molecule has 0 heterocycles. The Hall–Kier alpha value is -1.33. The molecule has 0 amide bonds. The van der Waals surface area contributed by atoms with Crippen molar-refractivity contribution < 1.29 is 4.79 Å². The first-order valence-electron chi connectivity index (χ1n) is 4.40. The van der Waals surface area contributed by atoms with Crippen LogP contribution in [0.25, 0.3) is 0 Å². The molecule has 0 N–H and O–H groups in total. The van der Waals surface area contributed by atoms with Crippen LogP contribution in [0.2, 0.25) is 5.02 Å². The van der Waals surface area contributed by atoms with E-state index < -0.39 is 0 Å². The van der Waals surface area contributed by atoms with Crippen LogP contribution in [-0.2, 0) is 0 Å². The summed E-state index contributed by atoms with van der Waals surface area (Å²) < 4.78 is 0. The van der Waals surface area contributed by atoms with Crippen molar-refractivity contribution in [3.05, 3.63) is 34.9 Å². The first kappa shape index (κ1) is 12.7. The van der Waals surface area contributed by atoms with Gasteiger partial charge < -0.3 is 0 Å². The van der Waals surface area contributed by atoms with Crippen LogP contribution in [0.5, 0.6) is 0 Å². The van der Waals surface area contributed by atoms with Gasteiger partial charge in [0, 0.05) is 10.6 Å². The molecule has 1 aromatic carbocycles. The van der Waals surface area contributed by atoms with Crippen LogP contribution >= 0.6 is 11.6 Å². The number of benzene rings is 1. The van der Waals surface area contributed by atoms with Gasteiger partial charge in [-0.2, -0.15) is 5.26 Å². The van der Waals surface area contributed by atoms with Gasteiger partial charge in [-0.25, -0.2) is 0 Å². The van der Waals surface area contributed by atoms with Crippen molar-refractivity contribution in [2.75, 3.05) is 0 Å². The Bertz CT molecular complexity index is 324. The first-order valence-corrected chi connectivity index (χ1v) is 4.77. The van der Waals surface area contributed by atoms with E-state index in [1.165, 1.54) is 0 Å². The van der Waals surface area contributed by atoms with Gasteiger partial charge in [0.05, 0.1) is 12.5 Å². The Morgan fingerprint density at radius 2 is 1.86 bits per heavy atom. The summed E-state index contributed by atoms with van der Waals surface area (Å²) in [7, 11) is 0. The van der Waals surface area contributed by atoms with Crippen molar-refractivity contribution in [3.8, 4) is 6.07 Å². The fourth-order valence-corrected chi connectivity index (χ4v) is 0.936. The van der Waals surface area contributed by atoms with Crippen LogP contribution in [0.15, 0.2) is 24.3 Å². The molecular weight excluding hydrogens is 198 g/mol. The largest absolute Gasteiger partial charge is 0.293 e. The molecule has 0 fully saturated rings. The summed E-state index contributed by atoms with van der Waals surface area (Å²) in [5, 5.41) is 8.84. The Balaban J connectivity index is 0.000000791. The zero-order valence-corrected chi connectivity index (χ0v) is 9.01. The van der Waals surface area contributed by atoms with Crippen molar-refractivity contribution >= 4 is 17.4 Å². The second-order valence-corrected chi connectivity index (χ2v) is 2.70. The van der Waals surface area contributed by atoms with Gasteiger partial charge in [-0.05, 0) is 24.3 Å². The Morgan fingerprint density at radius 3 is 2.29 bits per heavy atom. The van der Waals surface area contributed by atoms with E-state index >= 15 is 0 Å². The zero-order chi connectivity index (χ0) is 11.0. The molecule has 0 saturated heterocycles. The summed E-state index contributed by atoms with van der Waals surface area (Å²) in [4.78, 5) is 11.1. The van der Waals surface area contributed by atoms with Crippen LogP contribution in [-0.4, -0.2) is 5.78 Å². The molecule has 0 spiro atoms. The maximum absolute atomic E-state index is 11.1. The van der Waals surface area contributed by atoms with Crippen molar-refractivity contribution in [1.82, 2.24) is 0 Å². The number of Topliss-reactive ketones (excluding diaryl/α,β-unsaturated/α-hetero) is 1. The molecule has 14 heavy (non-hydrogen) atoms. The molecule has 1 rings (SSSR count). The molecule has 0 unspecified atom stereocenters. The third-order valence-corrected chi connectivity index (χ3v) is 1.66. The minimum atomic E-state index is -0.172. The summed E-state index contributed by atoms with van der Waals surface area (Å²) in [6, 6.07) is 8.29. The van der Waals surface area contributed by atoms with Crippen LogP contribution in [0.3, 0.4) is 0 Å². The van der Waals surface area contributed by atoms with Gasteiger partial charge in [0.1, 0.15) is 0 Å². The third kappa shape index (κ3) is 4.06. The zero-order valence-electron chi connectivity index (χ0n) is 8.25. The molecule has 0 saturated carbocycles. The highest BCUT2D eigenvalue weighted by Gasteiger charge is 2.03. The number of hydrogen-bond donors (Lipinski definition) is 0. The number of nitriles is 1. The minimum absolute atomic E-state index is 0.0817. The van der Waals surface area contributed by atoms with Crippen LogP contribution in [0.4, 0.5) is 0 Å². The van der Waals surface area contributed by atoms with Crippen LogP contribution in [0, 0.1) is 11.3 Å². The van der Waals surface area contributed by atoms with E-state index in [1.807, 2.05) is 13.8 Å². The van der Waals surface area contributed by atoms with Crippen molar-refractivity contribution in [1.29, 1.82) is 5.26 Å². The number of carbonyl (C=O) groups excluding carboxylic acids is 1. The maximum Gasteiger partial charge on any atom is 0.176 e. The van der Waals surface area contributed by atoms with E-state index in [2.05, 4.69) is 0 Å². The normalized spacial score (nSPS) is 8.14. The Kier molecular flexibility index (Phi) is 6.43. The number of carbonyl (C=O) groups is 1. The smallest absolute Gasteiger partial charge is 0.176 e. The van der Waals surface area contributed by atoms with Gasteiger partial charge >= 0.3 is 0 Å². The van der Waals surface area contributed by atoms with Crippen LogP contribution < -0.4 is 0 Å². The monoisotopic (exact) mass is 209 g/mol. The summed E-state index contributed by atoms with van der Waals surface area (Å²) in [5.41, 5.74) is 0.529. The highest BCUT2D eigenvalue weighted by atomic mass is 35.5. The SMILES string of the molecule is CC.N#CCC(=O)c1ccc(Cl)cc1. The van der Waals surface area contributed by atoms with Gasteiger partial charge in [0.15, 0.2) is 5.78 Å². The van der Waals surface area contributed by atoms with Crippen molar-refractivity contribution in [3.63, 3.8) is 0 Å². The minimum Gasteiger partial charge on any atom is -0.293 e. The average Bonchev–Trinajstić information content (AvgIpc) is 2.22. The highest BCUT2D eigenvalue weighted by Crippen LogP contribution is 2.10. The van der Waals surface area contributed by atoms with E-state index in [-0.39, 0.29) is 12.2 Å². The fourth-order valence-electron chi connectivity index (χ4n) is 0.810. The predicted molar refractivity (Wildman–Crippen MR) is 57.4 cm³/mol. The lowest BCUT2D eigenvalue weighted by molar-refractivity contribution is 0.0998. The van der Waals surface area contributed by atoms with Gasteiger partial charge in [-0.3, -0.25) is 4.79 Å². The predicted octanol–water partition coefficient (Wildman–Crippen LogP) is 3.46. The number of halogens is 1. The number of rotatable bonds is 2. The lowest BCUT2D eigenvalue weighted by Crippen LogP contribution is -1.95. The molecule has 0 aliphatic rings. The summed E-state index contributed by atoms with van der Waals surface area (Å²) in [6.07, 6.45) is -0.0817. The molecule has 3 heteroatoms. The lowest BCUT2D eigenvalue weighted by atomic mass is 10.1. The molecule has 0 aromatic heterocycles. The molecule has 0 atom stereocenters. The lowest BCUT2D eigenvalue weighted by Gasteiger charge is -1.94. The number of ketones is 1. The maximum atomic E-state index is 11.1. The van der Waals surface area contributed by atoms with E-state index in [1.54, 1.807) is 30.3 Å². The number of nitrogens with zero attached hydrogens (tertiary/aromatic N) is 1. The van der Waals surface area contributed by atoms with E-state index in [0.29, 0.717) is 10.6 Å². The highest BCUT2D eigenvalue weighted by molar-refractivity contribution is 6.30. The molecule has 1 aromatic rings. The summed E-state index contributed by atoms with van der Waals surface area (Å²) >= 11 is 5.62. The van der Waals surface area contributed by atoms with Gasteiger partial charge in [0.25, 0.3) is 0 Å². The van der Waals surface area contributed by atoms with Gasteiger partial charge in [0.2, 0.25) is 0 Å². The Morgan fingerprint density at radius 1 is 1.36 bits per heavy atom. The van der Waals surface area contributed by atoms with Gasteiger partial charge in [-0.1, -0.05) is 25.4 Å². The second-order valence-electron chi connectivity index (χ2n) is 2.26. The Labute approximate surface area is 89.1 Å². The first-order chi connectivity index (χ1) is 6.74. The second kappa shape index (κ2) is 7.11. The molecule has 0 radical (unpaired) electrons. The van der Waals surface area contributed by atoms with E-state index in [0.717, 1.165) is 0 Å². The molecule has 2 nitrogen and oxygen atoms in total. The molecule has 0 bridgehead atoms. The molecule has 0 aliphatic carbocycles. The van der Waals surface area contributed by atoms with E-state index in [9.17, 15) is 4.79 Å². The standard InChI is InChI=1S/C9H6ClNO.C2H6/c10-8-3-1-7(2-4-8)9(12)5-6-11;1-2/h1-4H,5H2;1-2H3. The van der Waals surface area contributed by atoms with Crippen LogP contribution in [0.1, 0.15) is 30.6 Å². The molecule has 0 aliphatic heterocycles. The third-order valence-electron chi connectivity index (χ3n) is 1.41. The van der Waals surface area contributed by atoms with Crippen molar-refractivity contribution in [2.24, 2.45) is 0 Å². The van der Waals surface area contributed by atoms with Crippen molar-refractivity contribution in [2.45, 2.75) is 20.3 Å². The quantitative estimate of drug-likeness (QED) is 0.700. The molecular formula is C11H12ClNO. The average molecular weight is 210 g/mol. The number of hydrogen-bond acceptors (Lipinski definition) is 2.